The van der Waals surface area contributed by atoms with Gasteiger partial charge in [-0.3, -0.25) is 0 Å². The fourth-order valence-corrected chi connectivity index (χ4v) is 2.10. The van der Waals surface area contributed by atoms with Gasteiger partial charge in [0.05, 0.1) is 8.95 Å². The van der Waals surface area contributed by atoms with Gasteiger partial charge in [0.25, 0.3) is 0 Å². The molecule has 0 aliphatic heterocycles. The molecule has 1 aromatic rings. The molecule has 0 aliphatic rings. The second-order valence-electron chi connectivity index (χ2n) is 2.04. The largest absolute Gasteiger partial charge is 0.205 e. The Labute approximate surface area is 75.7 Å². The molecule has 0 fully saturated rings. The third kappa shape index (κ3) is 1.58. The molecular formula is C7H5Br2F. The number of aryl methyl sites for hydroxylation is 1. The zero-order valence-corrected chi connectivity index (χ0v) is 8.46. The van der Waals surface area contributed by atoms with Crippen LogP contribution in [0.25, 0.3) is 0 Å². The first kappa shape index (κ1) is 8.21. The van der Waals surface area contributed by atoms with E-state index in [1.165, 1.54) is 0 Å². The van der Waals surface area contributed by atoms with Crippen molar-refractivity contribution < 1.29 is 4.39 Å². The van der Waals surface area contributed by atoms with Crippen LogP contribution in [-0.4, -0.2) is 0 Å². The predicted molar refractivity (Wildman–Crippen MR) is 46.5 cm³/mol. The van der Waals surface area contributed by atoms with Crippen molar-refractivity contribution in [1.82, 2.24) is 0 Å². The molecule has 3 heteroatoms. The Bertz CT molecular complexity index is 235. The van der Waals surface area contributed by atoms with Gasteiger partial charge in [-0.1, -0.05) is 0 Å². The molecule has 0 saturated heterocycles. The highest BCUT2D eigenvalue weighted by molar-refractivity contribution is 9.11. The van der Waals surface area contributed by atoms with Crippen molar-refractivity contribution >= 4 is 31.9 Å². The minimum Gasteiger partial charge on any atom is -0.205 e. The highest BCUT2D eigenvalue weighted by atomic mass is 79.9. The van der Waals surface area contributed by atoms with Crippen LogP contribution in [0.2, 0.25) is 0 Å². The van der Waals surface area contributed by atoms with Gasteiger partial charge >= 0.3 is 0 Å². The van der Waals surface area contributed by atoms with Crippen LogP contribution < -0.4 is 0 Å². The van der Waals surface area contributed by atoms with E-state index in [0.717, 1.165) is 5.56 Å². The van der Waals surface area contributed by atoms with E-state index >= 15 is 0 Å². The predicted octanol–water partition coefficient (Wildman–Crippen LogP) is 3.66. The van der Waals surface area contributed by atoms with E-state index in [9.17, 15) is 4.39 Å². The average Bonchev–Trinajstić information content (AvgIpc) is 1.82. The number of benzene rings is 1. The first-order chi connectivity index (χ1) is 4.61. The third-order valence-electron chi connectivity index (χ3n) is 1.13. The van der Waals surface area contributed by atoms with Crippen LogP contribution in [0, 0.1) is 12.7 Å². The van der Waals surface area contributed by atoms with Gasteiger partial charge in [-0.15, -0.1) is 0 Å². The Morgan fingerprint density at radius 3 is 2.00 bits per heavy atom. The first-order valence-electron chi connectivity index (χ1n) is 2.72. The van der Waals surface area contributed by atoms with E-state index in [2.05, 4.69) is 31.9 Å². The monoisotopic (exact) mass is 266 g/mol. The molecule has 0 bridgehead atoms. The summed E-state index contributed by atoms with van der Waals surface area (Å²) in [5.74, 6) is -0.245. The number of halogens is 3. The van der Waals surface area contributed by atoms with Crippen molar-refractivity contribution in [2.24, 2.45) is 0 Å². The molecular weight excluding hydrogens is 263 g/mol. The van der Waals surface area contributed by atoms with Gasteiger partial charge in [0, 0.05) is 0 Å². The van der Waals surface area contributed by atoms with Crippen molar-refractivity contribution in [1.29, 1.82) is 0 Å². The first-order valence-corrected chi connectivity index (χ1v) is 4.31. The van der Waals surface area contributed by atoms with Gasteiger partial charge in [-0.05, 0) is 56.5 Å². The maximum Gasteiger partial charge on any atom is 0.151 e. The van der Waals surface area contributed by atoms with Gasteiger partial charge in [0.15, 0.2) is 5.82 Å². The topological polar surface area (TPSA) is 0 Å². The fraction of sp³-hybridized carbons (Fsp3) is 0.143. The van der Waals surface area contributed by atoms with Crippen LogP contribution in [0.1, 0.15) is 5.56 Å². The summed E-state index contributed by atoms with van der Waals surface area (Å²) in [5, 5.41) is 0. The van der Waals surface area contributed by atoms with Crippen LogP contribution in [-0.2, 0) is 0 Å². The SMILES string of the molecule is Cc1cc(Br)c(F)c(Br)c1. The summed E-state index contributed by atoms with van der Waals surface area (Å²) in [6.45, 7) is 1.91. The lowest BCUT2D eigenvalue weighted by Crippen LogP contribution is -1.81. The highest BCUT2D eigenvalue weighted by Crippen LogP contribution is 2.24. The van der Waals surface area contributed by atoms with Gasteiger partial charge in [-0.2, -0.15) is 0 Å². The molecule has 0 heterocycles. The Morgan fingerprint density at radius 1 is 1.20 bits per heavy atom. The third-order valence-corrected chi connectivity index (χ3v) is 2.28. The molecule has 0 saturated carbocycles. The molecule has 0 nitrogen and oxygen atoms in total. The van der Waals surface area contributed by atoms with Crippen LogP contribution in [0.4, 0.5) is 4.39 Å². The van der Waals surface area contributed by atoms with Crippen LogP contribution in [0.3, 0.4) is 0 Å². The minimum atomic E-state index is -0.245. The zero-order chi connectivity index (χ0) is 7.72. The van der Waals surface area contributed by atoms with E-state index in [1.54, 1.807) is 12.1 Å². The highest BCUT2D eigenvalue weighted by Gasteiger charge is 2.03. The molecule has 54 valence electrons. The zero-order valence-electron chi connectivity index (χ0n) is 5.29. The van der Waals surface area contributed by atoms with Crippen molar-refractivity contribution in [3.63, 3.8) is 0 Å². The molecule has 0 aliphatic carbocycles. The van der Waals surface area contributed by atoms with Crippen molar-refractivity contribution in [2.45, 2.75) is 6.92 Å². The molecule has 0 radical (unpaired) electrons. The summed E-state index contributed by atoms with van der Waals surface area (Å²) in [5.41, 5.74) is 1.03. The Kier molecular flexibility index (Phi) is 2.47. The summed E-state index contributed by atoms with van der Waals surface area (Å²) in [4.78, 5) is 0. The summed E-state index contributed by atoms with van der Waals surface area (Å²) < 4.78 is 13.8. The maximum atomic E-state index is 12.8. The molecule has 0 amide bonds. The van der Waals surface area contributed by atoms with Gasteiger partial charge < -0.3 is 0 Å². The second-order valence-corrected chi connectivity index (χ2v) is 3.75. The summed E-state index contributed by atoms with van der Waals surface area (Å²) in [6, 6.07) is 3.47. The molecule has 1 rings (SSSR count). The second kappa shape index (κ2) is 3.01. The van der Waals surface area contributed by atoms with E-state index in [-0.39, 0.29) is 5.82 Å². The smallest absolute Gasteiger partial charge is 0.151 e. The fourth-order valence-electron chi connectivity index (χ4n) is 0.682. The number of hydrogen-bond acceptors (Lipinski definition) is 0. The van der Waals surface area contributed by atoms with Gasteiger partial charge in [0.2, 0.25) is 0 Å². The normalized spacial score (nSPS) is 10.0. The van der Waals surface area contributed by atoms with Gasteiger partial charge in [-0.25, -0.2) is 4.39 Å². The van der Waals surface area contributed by atoms with Crippen LogP contribution in [0.15, 0.2) is 21.1 Å². The molecule has 0 unspecified atom stereocenters. The number of rotatable bonds is 0. The van der Waals surface area contributed by atoms with E-state index in [4.69, 9.17) is 0 Å². The van der Waals surface area contributed by atoms with E-state index < -0.39 is 0 Å². The Morgan fingerprint density at radius 2 is 1.60 bits per heavy atom. The molecule has 10 heavy (non-hydrogen) atoms. The molecule has 0 aromatic heterocycles. The summed E-state index contributed by atoms with van der Waals surface area (Å²) >= 11 is 6.18. The summed E-state index contributed by atoms with van der Waals surface area (Å²) in [7, 11) is 0. The Hall–Kier alpha value is 0.110. The number of hydrogen-bond donors (Lipinski definition) is 0. The van der Waals surface area contributed by atoms with Crippen molar-refractivity contribution in [3.8, 4) is 0 Å². The van der Waals surface area contributed by atoms with Gasteiger partial charge in [0.1, 0.15) is 0 Å². The molecule has 0 spiro atoms. The molecule has 0 atom stereocenters. The lowest BCUT2D eigenvalue weighted by Gasteiger charge is -1.98. The lowest BCUT2D eigenvalue weighted by atomic mass is 10.2. The van der Waals surface area contributed by atoms with E-state index in [1.807, 2.05) is 6.92 Å². The maximum absolute atomic E-state index is 12.8. The minimum absolute atomic E-state index is 0.245. The lowest BCUT2D eigenvalue weighted by molar-refractivity contribution is 0.614. The molecule has 1 aromatic carbocycles. The van der Waals surface area contributed by atoms with Crippen LogP contribution >= 0.6 is 31.9 Å². The van der Waals surface area contributed by atoms with Crippen molar-refractivity contribution in [2.75, 3.05) is 0 Å². The summed E-state index contributed by atoms with van der Waals surface area (Å²) in [6.07, 6.45) is 0. The quantitative estimate of drug-likeness (QED) is 0.630. The standard InChI is InChI=1S/C7H5Br2F/c1-4-2-5(8)7(10)6(9)3-4/h2-3H,1H3. The Balaban J connectivity index is 3.31. The van der Waals surface area contributed by atoms with Crippen LogP contribution in [0.5, 0.6) is 0 Å². The molecule has 0 N–H and O–H groups in total. The van der Waals surface area contributed by atoms with Crippen molar-refractivity contribution in [3.05, 3.63) is 32.5 Å². The average molecular weight is 268 g/mol. The van der Waals surface area contributed by atoms with E-state index in [0.29, 0.717) is 8.95 Å².